The van der Waals surface area contributed by atoms with Gasteiger partial charge < -0.3 is 9.30 Å². The zero-order valence-electron chi connectivity index (χ0n) is 17.3. The standard InChI is InChI=1S/C23H21N5O3S/c24-14-19-16-28(32(29,30)20-4-2-1-3-5-20)23-22(19)21(6-8-25-23)18-7-9-27(15-18)17-26-10-12-31-13-11-26/h1-9,15-16H,10-13,17H2. The van der Waals surface area contributed by atoms with Crippen LogP contribution in [0.25, 0.3) is 22.2 Å². The lowest BCUT2D eigenvalue weighted by atomic mass is 10.0. The van der Waals surface area contributed by atoms with Crippen molar-refractivity contribution in [2.24, 2.45) is 0 Å². The Morgan fingerprint density at radius 2 is 1.84 bits per heavy atom. The number of hydrogen-bond donors (Lipinski definition) is 0. The van der Waals surface area contributed by atoms with E-state index in [0.29, 0.717) is 5.39 Å². The summed E-state index contributed by atoms with van der Waals surface area (Å²) >= 11 is 0. The molecule has 0 amide bonds. The molecule has 0 unspecified atom stereocenters. The van der Waals surface area contributed by atoms with E-state index < -0.39 is 10.0 Å². The molecule has 32 heavy (non-hydrogen) atoms. The second kappa shape index (κ2) is 8.24. The van der Waals surface area contributed by atoms with Crippen molar-refractivity contribution >= 4 is 21.1 Å². The highest BCUT2D eigenvalue weighted by Gasteiger charge is 2.24. The predicted molar refractivity (Wildman–Crippen MR) is 119 cm³/mol. The number of pyridine rings is 1. The van der Waals surface area contributed by atoms with E-state index in [0.717, 1.165) is 48.1 Å². The molecule has 9 heteroatoms. The van der Waals surface area contributed by atoms with Gasteiger partial charge in [0.1, 0.15) is 6.07 Å². The van der Waals surface area contributed by atoms with Gasteiger partial charge in [-0.3, -0.25) is 4.90 Å². The largest absolute Gasteiger partial charge is 0.379 e. The molecule has 8 nitrogen and oxygen atoms in total. The topological polar surface area (TPSA) is 93.2 Å². The second-order valence-corrected chi connectivity index (χ2v) is 9.43. The first-order valence-corrected chi connectivity index (χ1v) is 11.7. The highest BCUT2D eigenvalue weighted by molar-refractivity contribution is 7.90. The number of morpholine rings is 1. The van der Waals surface area contributed by atoms with Gasteiger partial charge in [0.25, 0.3) is 10.0 Å². The summed E-state index contributed by atoms with van der Waals surface area (Å²) < 4.78 is 35.1. The molecule has 4 heterocycles. The van der Waals surface area contributed by atoms with Crippen LogP contribution in [-0.4, -0.2) is 53.1 Å². The maximum absolute atomic E-state index is 13.2. The Balaban J connectivity index is 1.58. The monoisotopic (exact) mass is 447 g/mol. The van der Waals surface area contributed by atoms with E-state index in [1.807, 2.05) is 24.5 Å². The van der Waals surface area contributed by atoms with Crippen molar-refractivity contribution in [3.8, 4) is 17.2 Å². The fourth-order valence-corrected chi connectivity index (χ4v) is 5.34. The molecule has 0 spiro atoms. The average Bonchev–Trinajstić information content (AvgIpc) is 3.45. The maximum Gasteiger partial charge on any atom is 0.269 e. The van der Waals surface area contributed by atoms with Crippen molar-refractivity contribution in [3.05, 3.63) is 72.8 Å². The zero-order valence-corrected chi connectivity index (χ0v) is 18.1. The van der Waals surface area contributed by atoms with Crippen LogP contribution in [0.15, 0.2) is 72.1 Å². The minimum atomic E-state index is -3.89. The van der Waals surface area contributed by atoms with Gasteiger partial charge in [0.15, 0.2) is 5.65 Å². The van der Waals surface area contributed by atoms with Crippen LogP contribution in [0.5, 0.6) is 0 Å². The minimum Gasteiger partial charge on any atom is -0.379 e. The van der Waals surface area contributed by atoms with E-state index in [1.165, 1.54) is 18.3 Å². The van der Waals surface area contributed by atoms with Gasteiger partial charge in [-0.25, -0.2) is 17.4 Å². The van der Waals surface area contributed by atoms with Crippen LogP contribution >= 0.6 is 0 Å². The van der Waals surface area contributed by atoms with Crippen LogP contribution in [0, 0.1) is 11.3 Å². The summed E-state index contributed by atoms with van der Waals surface area (Å²) in [4.78, 5) is 6.78. The lowest BCUT2D eigenvalue weighted by Crippen LogP contribution is -2.37. The predicted octanol–water partition coefficient (Wildman–Crippen LogP) is 2.90. The summed E-state index contributed by atoms with van der Waals surface area (Å²) in [5, 5.41) is 10.3. The van der Waals surface area contributed by atoms with E-state index in [4.69, 9.17) is 4.74 Å². The lowest BCUT2D eigenvalue weighted by molar-refractivity contribution is 0.0235. The Hall–Kier alpha value is -3.45. The van der Waals surface area contributed by atoms with E-state index in [1.54, 1.807) is 24.4 Å². The van der Waals surface area contributed by atoms with Crippen LogP contribution in [-0.2, 0) is 21.4 Å². The van der Waals surface area contributed by atoms with Crippen LogP contribution in [0.3, 0.4) is 0 Å². The molecule has 0 N–H and O–H groups in total. The molecule has 0 saturated carbocycles. The molecule has 1 fully saturated rings. The van der Waals surface area contributed by atoms with Gasteiger partial charge in [0.05, 0.1) is 30.3 Å². The summed E-state index contributed by atoms with van der Waals surface area (Å²) in [6, 6.07) is 14.1. The highest BCUT2D eigenvalue weighted by Crippen LogP contribution is 2.33. The van der Waals surface area contributed by atoms with Crippen molar-refractivity contribution in [1.29, 1.82) is 5.26 Å². The first-order valence-electron chi connectivity index (χ1n) is 10.2. The third-order valence-corrected chi connectivity index (χ3v) is 7.27. The molecule has 0 bridgehead atoms. The van der Waals surface area contributed by atoms with Crippen molar-refractivity contribution in [1.82, 2.24) is 18.4 Å². The van der Waals surface area contributed by atoms with Crippen LogP contribution in [0.4, 0.5) is 0 Å². The molecule has 1 aliphatic rings. The summed E-state index contributed by atoms with van der Waals surface area (Å²) in [5.74, 6) is 0. The maximum atomic E-state index is 13.2. The molecule has 5 rings (SSSR count). The molecule has 3 aromatic heterocycles. The van der Waals surface area contributed by atoms with Crippen LogP contribution in [0.2, 0.25) is 0 Å². The number of nitrogens with zero attached hydrogens (tertiary/aromatic N) is 5. The second-order valence-electron chi connectivity index (χ2n) is 7.61. The fraction of sp³-hybridized carbons (Fsp3) is 0.217. The first-order chi connectivity index (χ1) is 15.6. The van der Waals surface area contributed by atoms with E-state index in [-0.39, 0.29) is 16.1 Å². The molecule has 1 saturated heterocycles. The van der Waals surface area contributed by atoms with Crippen molar-refractivity contribution in [2.75, 3.05) is 26.3 Å². The van der Waals surface area contributed by atoms with Gasteiger partial charge in [-0.15, -0.1) is 0 Å². The average molecular weight is 448 g/mol. The van der Waals surface area contributed by atoms with Crippen molar-refractivity contribution in [2.45, 2.75) is 11.6 Å². The van der Waals surface area contributed by atoms with Gasteiger partial charge in [-0.1, -0.05) is 18.2 Å². The normalized spacial score (nSPS) is 15.1. The summed E-state index contributed by atoms with van der Waals surface area (Å²) in [5.41, 5.74) is 2.18. The number of nitriles is 1. The van der Waals surface area contributed by atoms with Gasteiger partial charge in [0, 0.05) is 48.8 Å². The number of aromatic nitrogens is 3. The highest BCUT2D eigenvalue weighted by atomic mass is 32.2. The zero-order chi connectivity index (χ0) is 22.1. The molecule has 0 radical (unpaired) electrons. The van der Waals surface area contributed by atoms with Gasteiger partial charge in [0.2, 0.25) is 0 Å². The van der Waals surface area contributed by atoms with Crippen molar-refractivity contribution in [3.63, 3.8) is 0 Å². The van der Waals surface area contributed by atoms with Crippen molar-refractivity contribution < 1.29 is 13.2 Å². The van der Waals surface area contributed by atoms with Gasteiger partial charge >= 0.3 is 0 Å². The number of ether oxygens (including phenoxy) is 1. The molecular weight excluding hydrogens is 426 g/mol. The number of benzene rings is 1. The molecule has 0 atom stereocenters. The van der Waals surface area contributed by atoms with Crippen LogP contribution in [0.1, 0.15) is 5.56 Å². The summed E-state index contributed by atoms with van der Waals surface area (Å²) in [6.07, 6.45) is 6.93. The van der Waals surface area contributed by atoms with Gasteiger partial charge in [-0.05, 0) is 29.8 Å². The third-order valence-electron chi connectivity index (χ3n) is 5.60. The Morgan fingerprint density at radius 1 is 1.06 bits per heavy atom. The Morgan fingerprint density at radius 3 is 2.59 bits per heavy atom. The SMILES string of the molecule is N#Cc1cn(S(=O)(=O)c2ccccc2)c2nccc(-c3ccn(CN4CCOCC4)c3)c12. The molecule has 0 aliphatic carbocycles. The van der Waals surface area contributed by atoms with Gasteiger partial charge in [-0.2, -0.15) is 5.26 Å². The van der Waals surface area contributed by atoms with E-state index >= 15 is 0 Å². The fourth-order valence-electron chi connectivity index (χ4n) is 4.00. The van der Waals surface area contributed by atoms with E-state index in [9.17, 15) is 13.7 Å². The molecule has 1 aromatic carbocycles. The molecule has 162 valence electrons. The quantitative estimate of drug-likeness (QED) is 0.467. The van der Waals surface area contributed by atoms with E-state index in [2.05, 4.69) is 20.5 Å². The summed E-state index contributed by atoms with van der Waals surface area (Å²) in [6.45, 7) is 3.96. The Labute approximate surface area is 185 Å². The lowest BCUT2D eigenvalue weighted by Gasteiger charge is -2.26. The minimum absolute atomic E-state index is 0.144. The first kappa shape index (κ1) is 20.5. The summed E-state index contributed by atoms with van der Waals surface area (Å²) in [7, 11) is -3.89. The Bertz CT molecular complexity index is 1410. The smallest absolute Gasteiger partial charge is 0.269 e. The number of hydrogen-bond acceptors (Lipinski definition) is 6. The number of rotatable bonds is 5. The molecule has 1 aliphatic heterocycles. The number of fused-ring (bicyclic) bond motifs is 1. The molecular formula is C23H21N5O3S. The third kappa shape index (κ3) is 3.58. The molecule has 4 aromatic rings. The Kier molecular flexibility index (Phi) is 5.27. The van der Waals surface area contributed by atoms with Crippen LogP contribution < -0.4 is 0 Å².